The monoisotopic (exact) mass is 164 g/mol. The van der Waals surface area contributed by atoms with Crippen LogP contribution in [0.2, 0.25) is 0 Å². The minimum Gasteiger partial charge on any atom is -0.394 e. The molecule has 0 aromatic rings. The van der Waals surface area contributed by atoms with Crippen LogP contribution in [0.4, 0.5) is 0 Å². The number of aliphatic hydroxyl groups excluding tert-OH is 3. The fourth-order valence-corrected chi connectivity index (χ4v) is 0.729. The molecular weight excluding hydrogens is 148 g/mol. The van der Waals surface area contributed by atoms with Crippen molar-refractivity contribution in [1.29, 1.82) is 0 Å². The van der Waals surface area contributed by atoms with Gasteiger partial charge in [0.1, 0.15) is 6.10 Å². The lowest BCUT2D eigenvalue weighted by atomic mass is 10.1. The Kier molecular flexibility index (Phi) is 5.41. The number of hydrogen-bond acceptors (Lipinski definition) is 4. The van der Waals surface area contributed by atoms with E-state index in [1.54, 1.807) is 6.92 Å². The zero-order valence-electron chi connectivity index (χ0n) is 6.90. The van der Waals surface area contributed by atoms with E-state index in [1.807, 2.05) is 0 Å². The molecule has 0 aliphatic heterocycles. The first-order valence-electron chi connectivity index (χ1n) is 3.68. The summed E-state index contributed by atoms with van der Waals surface area (Å²) in [6.07, 6.45) is -2.13. The fourth-order valence-electron chi connectivity index (χ4n) is 0.729. The largest absolute Gasteiger partial charge is 0.394 e. The predicted octanol–water partition coefficient (Wildman–Crippen LogP) is -0.875. The number of aliphatic hydroxyl groups is 3. The lowest BCUT2D eigenvalue weighted by Gasteiger charge is -2.20. The summed E-state index contributed by atoms with van der Waals surface area (Å²) in [7, 11) is 0. The van der Waals surface area contributed by atoms with Crippen LogP contribution in [-0.4, -0.2) is 46.8 Å². The summed E-state index contributed by atoms with van der Waals surface area (Å²) in [4.78, 5) is 0. The Hall–Kier alpha value is -0.160. The maximum absolute atomic E-state index is 9.16. The Labute approximate surface area is 66.4 Å². The summed E-state index contributed by atoms with van der Waals surface area (Å²) in [6.45, 7) is 3.25. The van der Waals surface area contributed by atoms with Crippen molar-refractivity contribution >= 4 is 0 Å². The SMILES string of the molecule is CC(O)[C@H](O)C(C)OCCO. The highest BCUT2D eigenvalue weighted by atomic mass is 16.5. The van der Waals surface area contributed by atoms with E-state index in [0.29, 0.717) is 0 Å². The van der Waals surface area contributed by atoms with E-state index in [1.165, 1.54) is 6.92 Å². The molecule has 0 fully saturated rings. The van der Waals surface area contributed by atoms with Crippen molar-refractivity contribution in [3.05, 3.63) is 0 Å². The van der Waals surface area contributed by atoms with E-state index < -0.39 is 18.3 Å². The van der Waals surface area contributed by atoms with Gasteiger partial charge in [0.2, 0.25) is 0 Å². The molecule has 3 N–H and O–H groups in total. The molecule has 0 aromatic heterocycles. The molecule has 4 heteroatoms. The van der Waals surface area contributed by atoms with E-state index in [-0.39, 0.29) is 13.2 Å². The molecular formula is C7H16O4. The van der Waals surface area contributed by atoms with Crippen molar-refractivity contribution in [3.8, 4) is 0 Å². The molecule has 0 spiro atoms. The molecule has 4 nitrogen and oxygen atoms in total. The van der Waals surface area contributed by atoms with Gasteiger partial charge >= 0.3 is 0 Å². The van der Waals surface area contributed by atoms with Gasteiger partial charge < -0.3 is 20.1 Å². The van der Waals surface area contributed by atoms with Gasteiger partial charge in [-0.25, -0.2) is 0 Å². The maximum Gasteiger partial charge on any atom is 0.105 e. The number of ether oxygens (including phenoxy) is 1. The van der Waals surface area contributed by atoms with Crippen molar-refractivity contribution in [3.63, 3.8) is 0 Å². The first-order valence-corrected chi connectivity index (χ1v) is 3.68. The summed E-state index contributed by atoms with van der Waals surface area (Å²) in [5.74, 6) is 0. The zero-order valence-corrected chi connectivity index (χ0v) is 6.90. The Morgan fingerprint density at radius 1 is 1.27 bits per heavy atom. The highest BCUT2D eigenvalue weighted by Crippen LogP contribution is 2.02. The molecule has 0 radical (unpaired) electrons. The van der Waals surface area contributed by atoms with E-state index in [0.717, 1.165) is 0 Å². The fraction of sp³-hybridized carbons (Fsp3) is 1.00. The number of rotatable bonds is 5. The van der Waals surface area contributed by atoms with Gasteiger partial charge in [0.25, 0.3) is 0 Å². The van der Waals surface area contributed by atoms with Crippen molar-refractivity contribution in [2.24, 2.45) is 0 Å². The first kappa shape index (κ1) is 10.8. The van der Waals surface area contributed by atoms with Crippen LogP contribution in [0.1, 0.15) is 13.8 Å². The summed E-state index contributed by atoms with van der Waals surface area (Å²) in [5, 5.41) is 26.4. The molecule has 0 amide bonds. The van der Waals surface area contributed by atoms with Crippen LogP contribution in [-0.2, 0) is 4.74 Å². The summed E-state index contributed by atoms with van der Waals surface area (Å²) in [6, 6.07) is 0. The van der Waals surface area contributed by atoms with Gasteiger partial charge in [-0.1, -0.05) is 0 Å². The van der Waals surface area contributed by atoms with Crippen molar-refractivity contribution < 1.29 is 20.1 Å². The standard InChI is InChI=1S/C7H16O4/c1-5(9)7(10)6(2)11-4-3-8/h5-10H,3-4H2,1-2H3/t5?,6?,7-/m0/s1. The van der Waals surface area contributed by atoms with Gasteiger partial charge in [-0.05, 0) is 13.8 Å². The van der Waals surface area contributed by atoms with E-state index >= 15 is 0 Å². The molecule has 0 bridgehead atoms. The second-order valence-electron chi connectivity index (χ2n) is 2.53. The third-order valence-electron chi connectivity index (χ3n) is 1.45. The smallest absolute Gasteiger partial charge is 0.105 e. The topological polar surface area (TPSA) is 69.9 Å². The third kappa shape index (κ3) is 4.31. The van der Waals surface area contributed by atoms with Crippen LogP contribution in [0, 0.1) is 0 Å². The second kappa shape index (κ2) is 5.49. The minimum absolute atomic E-state index is 0.0726. The Morgan fingerprint density at radius 3 is 2.18 bits per heavy atom. The molecule has 0 rings (SSSR count). The Morgan fingerprint density at radius 2 is 1.82 bits per heavy atom. The maximum atomic E-state index is 9.16. The molecule has 0 aliphatic rings. The molecule has 0 heterocycles. The summed E-state index contributed by atoms with van der Waals surface area (Å²) >= 11 is 0. The highest BCUT2D eigenvalue weighted by molar-refractivity contribution is 4.68. The molecule has 68 valence electrons. The van der Waals surface area contributed by atoms with Crippen LogP contribution >= 0.6 is 0 Å². The average molecular weight is 164 g/mol. The lowest BCUT2D eigenvalue weighted by Crippen LogP contribution is -2.35. The van der Waals surface area contributed by atoms with Crippen LogP contribution in [0.5, 0.6) is 0 Å². The van der Waals surface area contributed by atoms with Crippen molar-refractivity contribution in [2.45, 2.75) is 32.2 Å². The molecule has 0 saturated carbocycles. The minimum atomic E-state index is -0.887. The van der Waals surface area contributed by atoms with E-state index in [4.69, 9.17) is 20.1 Å². The summed E-state index contributed by atoms with van der Waals surface area (Å²) in [5.41, 5.74) is 0. The van der Waals surface area contributed by atoms with Crippen molar-refractivity contribution in [1.82, 2.24) is 0 Å². The van der Waals surface area contributed by atoms with E-state index in [9.17, 15) is 0 Å². The Bertz CT molecular complexity index is 94.4. The lowest BCUT2D eigenvalue weighted by molar-refractivity contribution is -0.0818. The van der Waals surface area contributed by atoms with Crippen LogP contribution in [0.15, 0.2) is 0 Å². The van der Waals surface area contributed by atoms with Gasteiger partial charge in [-0.15, -0.1) is 0 Å². The van der Waals surface area contributed by atoms with Crippen LogP contribution < -0.4 is 0 Å². The molecule has 11 heavy (non-hydrogen) atoms. The summed E-state index contributed by atoms with van der Waals surface area (Å²) < 4.78 is 4.95. The molecule has 0 saturated heterocycles. The normalized spacial score (nSPS) is 19.4. The van der Waals surface area contributed by atoms with Crippen LogP contribution in [0.3, 0.4) is 0 Å². The van der Waals surface area contributed by atoms with E-state index in [2.05, 4.69) is 0 Å². The Balaban J connectivity index is 3.55. The quantitative estimate of drug-likeness (QED) is 0.494. The molecule has 3 atom stereocenters. The van der Waals surface area contributed by atoms with Gasteiger partial charge in [-0.3, -0.25) is 0 Å². The predicted molar refractivity (Wildman–Crippen MR) is 40.2 cm³/mol. The average Bonchev–Trinajstić information content (AvgIpc) is 1.98. The highest BCUT2D eigenvalue weighted by Gasteiger charge is 2.19. The van der Waals surface area contributed by atoms with Gasteiger partial charge in [0.05, 0.1) is 25.4 Å². The van der Waals surface area contributed by atoms with Gasteiger partial charge in [0, 0.05) is 0 Å². The third-order valence-corrected chi connectivity index (χ3v) is 1.45. The number of hydrogen-bond donors (Lipinski definition) is 3. The molecule has 2 unspecified atom stereocenters. The van der Waals surface area contributed by atoms with Gasteiger partial charge in [-0.2, -0.15) is 0 Å². The van der Waals surface area contributed by atoms with Crippen molar-refractivity contribution in [2.75, 3.05) is 13.2 Å². The molecule has 0 aromatic carbocycles. The van der Waals surface area contributed by atoms with Crippen LogP contribution in [0.25, 0.3) is 0 Å². The molecule has 0 aliphatic carbocycles. The second-order valence-corrected chi connectivity index (χ2v) is 2.53. The zero-order chi connectivity index (χ0) is 8.85. The van der Waals surface area contributed by atoms with Gasteiger partial charge in [0.15, 0.2) is 0 Å². The first-order chi connectivity index (χ1) is 5.09.